The van der Waals surface area contributed by atoms with E-state index in [0.29, 0.717) is 50.1 Å². The lowest BCUT2D eigenvalue weighted by Crippen LogP contribution is -2.31. The van der Waals surface area contributed by atoms with Crippen LogP contribution in [-0.2, 0) is 11.3 Å². The Labute approximate surface area is 235 Å². The molecule has 0 fully saturated rings. The molecule has 206 valence electrons. The van der Waals surface area contributed by atoms with Crippen LogP contribution in [0.4, 0.5) is 0 Å². The lowest BCUT2D eigenvalue weighted by molar-refractivity contribution is -0.130. The number of furan rings is 1. The van der Waals surface area contributed by atoms with E-state index in [2.05, 4.69) is 0 Å². The predicted molar refractivity (Wildman–Crippen MR) is 148 cm³/mol. The molecule has 3 aromatic carbocycles. The van der Waals surface area contributed by atoms with Gasteiger partial charge in [-0.05, 0) is 35.9 Å². The van der Waals surface area contributed by atoms with Crippen LogP contribution in [0.25, 0.3) is 11.0 Å². The van der Waals surface area contributed by atoms with E-state index in [1.165, 1.54) is 39.4 Å². The zero-order valence-electron chi connectivity index (χ0n) is 22.2. The van der Waals surface area contributed by atoms with Crippen LogP contribution >= 0.6 is 11.6 Å². The second-order valence-electron chi connectivity index (χ2n) is 8.99. The normalized spacial score (nSPS) is 15.1. The van der Waals surface area contributed by atoms with Crippen molar-refractivity contribution in [3.8, 4) is 23.0 Å². The number of methoxy groups -OCH3 is 4. The number of Topliss-reactive ketones (excluding diaryl/α,β-unsaturated/α-hetero) is 1. The molecule has 0 aliphatic carbocycles. The molecule has 4 aromatic rings. The summed E-state index contributed by atoms with van der Waals surface area (Å²) >= 11 is 6.20. The Hall–Kier alpha value is -4.63. The van der Waals surface area contributed by atoms with Gasteiger partial charge in [0.05, 0.1) is 46.6 Å². The minimum atomic E-state index is -0.983. The van der Waals surface area contributed by atoms with Gasteiger partial charge in [-0.25, -0.2) is 0 Å². The number of ether oxygens (including phenoxy) is 4. The minimum absolute atomic E-state index is 0.0479. The number of amides is 1. The molecule has 0 spiro atoms. The first-order valence-corrected chi connectivity index (χ1v) is 12.6. The molecular weight excluding hydrogens is 538 g/mol. The van der Waals surface area contributed by atoms with Crippen molar-refractivity contribution in [2.75, 3.05) is 28.4 Å². The summed E-state index contributed by atoms with van der Waals surface area (Å²) in [6, 6.07) is 16.0. The molecule has 2 heterocycles. The van der Waals surface area contributed by atoms with E-state index in [1.54, 1.807) is 36.4 Å². The van der Waals surface area contributed by atoms with Gasteiger partial charge in [-0.3, -0.25) is 9.59 Å². The number of carbonyl (C=O) groups is 2. The summed E-state index contributed by atoms with van der Waals surface area (Å²) in [4.78, 5) is 28.9. The second kappa shape index (κ2) is 10.9. The van der Waals surface area contributed by atoms with Gasteiger partial charge in [0.25, 0.3) is 5.91 Å². The van der Waals surface area contributed by atoms with Crippen LogP contribution in [0.3, 0.4) is 0 Å². The van der Waals surface area contributed by atoms with Crippen LogP contribution in [0.5, 0.6) is 23.0 Å². The number of halogens is 1. The van der Waals surface area contributed by atoms with Crippen LogP contribution < -0.4 is 18.9 Å². The van der Waals surface area contributed by atoms with Crippen molar-refractivity contribution in [3.63, 3.8) is 0 Å². The van der Waals surface area contributed by atoms with Gasteiger partial charge in [-0.2, -0.15) is 0 Å². The predicted octanol–water partition coefficient (Wildman–Crippen LogP) is 5.90. The number of aliphatic hydroxyl groups excluding tert-OH is 1. The Morgan fingerprint density at radius 1 is 0.900 bits per heavy atom. The van der Waals surface area contributed by atoms with Crippen molar-refractivity contribution >= 4 is 34.3 Å². The molecule has 1 amide bonds. The van der Waals surface area contributed by atoms with Crippen molar-refractivity contribution in [1.29, 1.82) is 0 Å². The number of hydrogen-bond donors (Lipinski definition) is 1. The Balaban J connectivity index is 1.65. The molecule has 5 rings (SSSR count). The van der Waals surface area contributed by atoms with Crippen LogP contribution in [0, 0.1) is 0 Å². The average molecular weight is 564 g/mol. The number of para-hydroxylation sites is 1. The Kier molecular flexibility index (Phi) is 7.32. The number of hydrogen-bond acceptors (Lipinski definition) is 8. The van der Waals surface area contributed by atoms with Gasteiger partial charge in [-0.15, -0.1) is 0 Å². The molecular formula is C30H26ClNO8. The summed E-state index contributed by atoms with van der Waals surface area (Å²) in [6.45, 7) is 0.0479. The highest BCUT2D eigenvalue weighted by Gasteiger charge is 2.45. The SMILES string of the molecule is COc1ccccc1CN1C(=O)C(O)=C(C(=O)c2cc3cc(Cl)cc(OC)c3o2)C1c1ccc(OC)c(OC)c1. The molecule has 0 radical (unpaired) electrons. The summed E-state index contributed by atoms with van der Waals surface area (Å²) in [5.41, 5.74) is 1.38. The fourth-order valence-electron chi connectivity index (χ4n) is 4.92. The van der Waals surface area contributed by atoms with Crippen molar-refractivity contribution in [2.45, 2.75) is 12.6 Å². The number of aliphatic hydroxyl groups is 1. The van der Waals surface area contributed by atoms with Crippen LogP contribution in [-0.4, -0.2) is 50.1 Å². The fraction of sp³-hybridized carbons (Fsp3) is 0.200. The topological polar surface area (TPSA) is 108 Å². The van der Waals surface area contributed by atoms with E-state index in [9.17, 15) is 14.7 Å². The van der Waals surface area contributed by atoms with E-state index in [0.717, 1.165) is 0 Å². The average Bonchev–Trinajstić information content (AvgIpc) is 3.51. The van der Waals surface area contributed by atoms with Crippen LogP contribution in [0.2, 0.25) is 5.02 Å². The molecule has 1 N–H and O–H groups in total. The first-order chi connectivity index (χ1) is 19.3. The number of carbonyl (C=O) groups excluding carboxylic acids is 2. The molecule has 1 atom stereocenters. The van der Waals surface area contributed by atoms with E-state index in [1.807, 2.05) is 18.2 Å². The van der Waals surface area contributed by atoms with Crippen LogP contribution in [0.1, 0.15) is 27.7 Å². The largest absolute Gasteiger partial charge is 0.503 e. The molecule has 1 aliphatic rings. The second-order valence-corrected chi connectivity index (χ2v) is 9.43. The summed E-state index contributed by atoms with van der Waals surface area (Å²) in [7, 11) is 5.99. The van der Waals surface area contributed by atoms with E-state index in [4.69, 9.17) is 35.0 Å². The molecule has 0 bridgehead atoms. The number of nitrogens with zero attached hydrogens (tertiary/aromatic N) is 1. The smallest absolute Gasteiger partial charge is 0.290 e. The molecule has 1 aromatic heterocycles. The third kappa shape index (κ3) is 4.58. The van der Waals surface area contributed by atoms with Crippen molar-refractivity contribution in [3.05, 3.63) is 93.9 Å². The third-order valence-electron chi connectivity index (χ3n) is 6.80. The molecule has 9 nitrogen and oxygen atoms in total. The first kappa shape index (κ1) is 27.0. The molecule has 40 heavy (non-hydrogen) atoms. The van der Waals surface area contributed by atoms with Gasteiger partial charge in [0.1, 0.15) is 5.75 Å². The van der Waals surface area contributed by atoms with Gasteiger partial charge in [0.15, 0.2) is 34.4 Å². The highest BCUT2D eigenvalue weighted by atomic mass is 35.5. The highest BCUT2D eigenvalue weighted by Crippen LogP contribution is 2.44. The molecule has 10 heteroatoms. The standard InChI is InChI=1S/C30H26ClNO8/c1-36-20-8-6-5-7-17(20)15-32-26(16-9-10-21(37-2)22(12-16)38-3)25(28(34)30(32)35)27(33)23-13-18-11-19(31)14-24(39-4)29(18)40-23/h5-14,26,34H,15H2,1-4H3. The minimum Gasteiger partial charge on any atom is -0.503 e. The number of fused-ring (bicyclic) bond motifs is 1. The molecule has 0 saturated carbocycles. The third-order valence-corrected chi connectivity index (χ3v) is 7.01. The summed E-state index contributed by atoms with van der Waals surface area (Å²) in [6.07, 6.45) is 0. The Morgan fingerprint density at radius 3 is 2.30 bits per heavy atom. The zero-order chi connectivity index (χ0) is 28.6. The zero-order valence-corrected chi connectivity index (χ0v) is 22.9. The number of benzene rings is 3. The Morgan fingerprint density at radius 2 is 1.60 bits per heavy atom. The van der Waals surface area contributed by atoms with Gasteiger partial charge >= 0.3 is 0 Å². The summed E-state index contributed by atoms with van der Waals surface area (Å²) in [5, 5.41) is 12.1. The Bertz CT molecular complexity index is 1660. The van der Waals surface area contributed by atoms with Gasteiger partial charge < -0.3 is 33.4 Å². The maximum atomic E-state index is 14.0. The molecule has 1 unspecified atom stereocenters. The first-order valence-electron chi connectivity index (χ1n) is 12.2. The van der Waals surface area contributed by atoms with E-state index in [-0.39, 0.29) is 17.9 Å². The molecule has 1 aliphatic heterocycles. The van der Waals surface area contributed by atoms with E-state index >= 15 is 0 Å². The maximum absolute atomic E-state index is 14.0. The number of ketones is 1. The van der Waals surface area contributed by atoms with Gasteiger partial charge in [0, 0.05) is 22.0 Å². The number of rotatable bonds is 9. The van der Waals surface area contributed by atoms with Crippen molar-refractivity contribution in [2.24, 2.45) is 0 Å². The quantitative estimate of drug-likeness (QED) is 0.251. The molecule has 0 saturated heterocycles. The maximum Gasteiger partial charge on any atom is 0.290 e. The lowest BCUT2D eigenvalue weighted by Gasteiger charge is -2.28. The van der Waals surface area contributed by atoms with Crippen molar-refractivity contribution in [1.82, 2.24) is 4.90 Å². The highest BCUT2D eigenvalue weighted by molar-refractivity contribution is 6.31. The fourth-order valence-corrected chi connectivity index (χ4v) is 5.13. The summed E-state index contributed by atoms with van der Waals surface area (Å²) in [5.74, 6) is -0.383. The summed E-state index contributed by atoms with van der Waals surface area (Å²) < 4.78 is 27.6. The monoisotopic (exact) mass is 563 g/mol. The van der Waals surface area contributed by atoms with E-state index < -0.39 is 23.5 Å². The van der Waals surface area contributed by atoms with Crippen molar-refractivity contribution < 1.29 is 38.1 Å². The lowest BCUT2D eigenvalue weighted by atomic mass is 9.94. The van der Waals surface area contributed by atoms with Gasteiger partial charge in [0.2, 0.25) is 5.78 Å². The van der Waals surface area contributed by atoms with Crippen LogP contribution in [0.15, 0.2) is 76.4 Å². The van der Waals surface area contributed by atoms with Gasteiger partial charge in [-0.1, -0.05) is 35.9 Å².